The molecule has 1 aliphatic carbocycles. The Morgan fingerprint density at radius 1 is 1.33 bits per heavy atom. The Morgan fingerprint density at radius 2 is 2.04 bits per heavy atom. The van der Waals surface area contributed by atoms with Crippen LogP contribution < -0.4 is 9.47 Å². The van der Waals surface area contributed by atoms with Crippen LogP contribution in [0.1, 0.15) is 25.5 Å². The minimum Gasteiger partial charge on any atom is -0.395 e. The lowest BCUT2D eigenvalue weighted by Gasteiger charge is -2.39. The number of hydrogen-bond donors (Lipinski definition) is 0. The van der Waals surface area contributed by atoms with Gasteiger partial charge in [0.25, 0.3) is 0 Å². The van der Waals surface area contributed by atoms with E-state index < -0.39 is 17.8 Å². The first-order valence-corrected chi connectivity index (χ1v) is 8.48. The molecule has 2 aliphatic rings. The molecule has 0 bridgehead atoms. The number of ether oxygens (including phenoxy) is 2. The van der Waals surface area contributed by atoms with Crippen molar-refractivity contribution < 1.29 is 18.3 Å². The van der Waals surface area contributed by atoms with Gasteiger partial charge < -0.3 is 9.47 Å². The molecule has 24 heavy (non-hydrogen) atoms. The molecule has 0 spiro atoms. The lowest BCUT2D eigenvalue weighted by molar-refractivity contribution is -0.286. The second-order valence-corrected chi connectivity index (χ2v) is 7.09. The highest BCUT2D eigenvalue weighted by atomic mass is 79.9. The predicted molar refractivity (Wildman–Crippen MR) is 93.8 cm³/mol. The summed E-state index contributed by atoms with van der Waals surface area (Å²) in [6, 6.07) is 4.28. The Hall–Kier alpha value is -1.56. The number of thiocarbonyl (C=S) groups is 1. The zero-order valence-electron chi connectivity index (χ0n) is 12.9. The maximum atomic E-state index is 13.2. The highest BCUT2D eigenvalue weighted by Gasteiger charge is 2.45. The van der Waals surface area contributed by atoms with Gasteiger partial charge in [0.2, 0.25) is 0 Å². The van der Waals surface area contributed by atoms with E-state index in [0.717, 1.165) is 4.48 Å². The summed E-state index contributed by atoms with van der Waals surface area (Å²) in [5.74, 6) is 0.117. The molecule has 1 aliphatic heterocycles. The van der Waals surface area contributed by atoms with Crippen LogP contribution in [0.15, 0.2) is 45.9 Å². The summed E-state index contributed by atoms with van der Waals surface area (Å²) in [5.41, 5.74) is 0.295. The number of benzene rings is 1. The summed E-state index contributed by atoms with van der Waals surface area (Å²) in [7, 11) is 0. The van der Waals surface area contributed by atoms with Crippen LogP contribution in [-0.2, 0) is 0 Å². The molecule has 0 aromatic heterocycles. The summed E-state index contributed by atoms with van der Waals surface area (Å²) in [4.78, 5) is 4.32. The Morgan fingerprint density at radius 3 is 2.75 bits per heavy atom. The average molecular weight is 414 g/mol. The average Bonchev–Trinajstić information content (AvgIpc) is 2.83. The SMILES string of the molecule is CC1C(Br)=CC=CC1(C)C(N=C=S)c1ccc2c(c1)OC(F)(F)O2. The molecule has 1 aromatic carbocycles. The van der Waals surface area contributed by atoms with E-state index in [4.69, 9.17) is 12.2 Å². The number of fused-ring (bicyclic) bond motifs is 1. The van der Waals surface area contributed by atoms with Crippen LogP contribution in [0, 0.1) is 11.3 Å². The van der Waals surface area contributed by atoms with Gasteiger partial charge in [0.1, 0.15) is 0 Å². The minimum absolute atomic E-state index is 0.00674. The number of hydrogen-bond acceptors (Lipinski definition) is 4. The largest absolute Gasteiger partial charge is 0.586 e. The van der Waals surface area contributed by atoms with E-state index in [2.05, 4.69) is 42.5 Å². The number of aliphatic imine (C=N–C) groups is 1. The van der Waals surface area contributed by atoms with Gasteiger partial charge in [0, 0.05) is 5.41 Å². The Kier molecular flexibility index (Phi) is 4.36. The quantitative estimate of drug-likeness (QED) is 0.474. The van der Waals surface area contributed by atoms with E-state index in [-0.39, 0.29) is 17.4 Å². The third-order valence-electron chi connectivity index (χ3n) is 4.57. The molecule has 0 radical (unpaired) electrons. The third-order valence-corrected chi connectivity index (χ3v) is 5.63. The Bertz CT molecular complexity index is 789. The van der Waals surface area contributed by atoms with Crippen LogP contribution in [0.4, 0.5) is 8.78 Å². The van der Waals surface area contributed by atoms with E-state index in [0.29, 0.717) is 5.56 Å². The fourth-order valence-electron chi connectivity index (χ4n) is 3.02. The van der Waals surface area contributed by atoms with Crippen molar-refractivity contribution in [3.8, 4) is 11.5 Å². The molecule has 0 fully saturated rings. The second kappa shape index (κ2) is 6.06. The molecule has 7 heteroatoms. The molecule has 3 nitrogen and oxygen atoms in total. The van der Waals surface area contributed by atoms with Crippen molar-refractivity contribution in [3.63, 3.8) is 0 Å². The zero-order valence-corrected chi connectivity index (χ0v) is 15.3. The van der Waals surface area contributed by atoms with Gasteiger partial charge >= 0.3 is 6.29 Å². The number of allylic oxidation sites excluding steroid dienone is 3. The van der Waals surface area contributed by atoms with E-state index >= 15 is 0 Å². The summed E-state index contributed by atoms with van der Waals surface area (Å²) in [6.45, 7) is 4.11. The smallest absolute Gasteiger partial charge is 0.395 e. The molecule has 0 saturated heterocycles. The first-order chi connectivity index (χ1) is 11.3. The van der Waals surface area contributed by atoms with Gasteiger partial charge in [-0.25, -0.2) is 4.99 Å². The second-order valence-electron chi connectivity index (χ2n) is 5.99. The molecule has 3 unspecified atom stereocenters. The number of rotatable bonds is 3. The normalized spacial score (nSPS) is 28.0. The van der Waals surface area contributed by atoms with Gasteiger partial charge in [-0.15, -0.1) is 8.78 Å². The summed E-state index contributed by atoms with van der Waals surface area (Å²) >= 11 is 8.37. The lowest BCUT2D eigenvalue weighted by Crippen LogP contribution is -2.31. The third kappa shape index (κ3) is 2.92. The van der Waals surface area contributed by atoms with Crippen LogP contribution in [-0.4, -0.2) is 11.5 Å². The Balaban J connectivity index is 2.04. The number of isothiocyanates is 1. The lowest BCUT2D eigenvalue weighted by atomic mass is 9.68. The van der Waals surface area contributed by atoms with E-state index in [1.54, 1.807) is 6.07 Å². The maximum Gasteiger partial charge on any atom is 0.586 e. The van der Waals surface area contributed by atoms with Gasteiger partial charge in [0.15, 0.2) is 11.5 Å². The van der Waals surface area contributed by atoms with Crippen molar-refractivity contribution in [1.82, 2.24) is 0 Å². The molecule has 3 atom stereocenters. The van der Waals surface area contributed by atoms with Crippen molar-refractivity contribution >= 4 is 33.3 Å². The van der Waals surface area contributed by atoms with E-state index in [1.165, 1.54) is 12.1 Å². The fraction of sp³-hybridized carbons (Fsp3) is 0.353. The molecular formula is C17H14BrF2NO2S. The van der Waals surface area contributed by atoms with Crippen molar-refractivity contribution in [2.24, 2.45) is 16.3 Å². The van der Waals surface area contributed by atoms with Crippen LogP contribution >= 0.6 is 28.1 Å². The van der Waals surface area contributed by atoms with Crippen molar-refractivity contribution in [3.05, 3.63) is 46.5 Å². The van der Waals surface area contributed by atoms with Gasteiger partial charge in [-0.1, -0.05) is 54.1 Å². The topological polar surface area (TPSA) is 30.8 Å². The summed E-state index contributed by atoms with van der Waals surface area (Å²) in [5, 5.41) is 2.43. The fourth-order valence-corrected chi connectivity index (χ4v) is 3.77. The van der Waals surface area contributed by atoms with Gasteiger partial charge in [-0.3, -0.25) is 0 Å². The number of alkyl halides is 2. The first-order valence-electron chi connectivity index (χ1n) is 7.28. The molecule has 0 saturated carbocycles. The van der Waals surface area contributed by atoms with Crippen molar-refractivity contribution in [2.75, 3.05) is 0 Å². The number of halogens is 3. The van der Waals surface area contributed by atoms with Crippen LogP contribution in [0.3, 0.4) is 0 Å². The minimum atomic E-state index is -3.64. The standard InChI is InChI=1S/C17H14BrF2NO2S/c1-10-12(18)4-3-7-16(10,2)15(21-9-24)11-5-6-13-14(8-11)23-17(19,20)22-13/h3-8,10,15H,1-2H3. The van der Waals surface area contributed by atoms with E-state index in [9.17, 15) is 8.78 Å². The molecule has 3 rings (SSSR count). The van der Waals surface area contributed by atoms with Crippen molar-refractivity contribution in [2.45, 2.75) is 26.2 Å². The monoisotopic (exact) mass is 413 g/mol. The Labute approximate surface area is 152 Å². The number of nitrogens with zero attached hydrogens (tertiary/aromatic N) is 1. The molecule has 1 heterocycles. The summed E-state index contributed by atoms with van der Waals surface area (Å²) < 4.78 is 36.5. The van der Waals surface area contributed by atoms with Crippen LogP contribution in [0.25, 0.3) is 0 Å². The highest BCUT2D eigenvalue weighted by Crippen LogP contribution is 2.51. The van der Waals surface area contributed by atoms with E-state index in [1.807, 2.05) is 25.2 Å². The van der Waals surface area contributed by atoms with Gasteiger partial charge in [-0.2, -0.15) is 0 Å². The van der Waals surface area contributed by atoms with Crippen LogP contribution in [0.2, 0.25) is 0 Å². The van der Waals surface area contributed by atoms with Gasteiger partial charge in [-0.05, 0) is 40.3 Å². The van der Waals surface area contributed by atoms with Gasteiger partial charge in [0.05, 0.1) is 11.2 Å². The van der Waals surface area contributed by atoms with Crippen molar-refractivity contribution in [1.29, 1.82) is 0 Å². The molecule has 1 aromatic rings. The predicted octanol–water partition coefficient (Wildman–Crippen LogP) is 5.64. The zero-order chi connectivity index (χ0) is 17.5. The summed E-state index contributed by atoms with van der Waals surface area (Å²) in [6.07, 6.45) is 2.32. The molecular weight excluding hydrogens is 400 g/mol. The highest BCUT2D eigenvalue weighted by molar-refractivity contribution is 9.11. The first kappa shape index (κ1) is 17.3. The molecule has 0 N–H and O–H groups in total. The maximum absolute atomic E-state index is 13.2. The molecule has 126 valence electrons. The molecule has 0 amide bonds. The van der Waals surface area contributed by atoms with Crippen LogP contribution in [0.5, 0.6) is 11.5 Å².